The molecule has 0 bridgehead atoms. The number of anilines is 1. The van der Waals surface area contributed by atoms with Gasteiger partial charge in [-0.1, -0.05) is 53.8 Å². The SMILES string of the molecule is O=C(c1ccccc1Oc1ccccc1)N(Cc1ccccn1)c1nc2c(F)cccc2s1. The molecule has 0 aliphatic rings. The van der Waals surface area contributed by atoms with E-state index in [1.807, 2.05) is 54.6 Å². The summed E-state index contributed by atoms with van der Waals surface area (Å²) in [7, 11) is 0. The highest BCUT2D eigenvalue weighted by atomic mass is 32.1. The molecule has 0 radical (unpaired) electrons. The van der Waals surface area contributed by atoms with E-state index in [2.05, 4.69) is 9.97 Å². The number of halogens is 1. The highest BCUT2D eigenvalue weighted by Crippen LogP contribution is 2.34. The van der Waals surface area contributed by atoms with Crippen molar-refractivity contribution in [3.8, 4) is 11.5 Å². The molecule has 0 unspecified atom stereocenters. The van der Waals surface area contributed by atoms with Crippen molar-refractivity contribution in [3.63, 3.8) is 0 Å². The van der Waals surface area contributed by atoms with Crippen LogP contribution in [0.25, 0.3) is 10.2 Å². The summed E-state index contributed by atoms with van der Waals surface area (Å²) in [4.78, 5) is 24.1. The Balaban J connectivity index is 1.57. The van der Waals surface area contributed by atoms with Crippen LogP contribution in [0.15, 0.2) is 97.2 Å². The van der Waals surface area contributed by atoms with E-state index < -0.39 is 5.82 Å². The van der Waals surface area contributed by atoms with Gasteiger partial charge < -0.3 is 4.74 Å². The van der Waals surface area contributed by atoms with Crippen LogP contribution < -0.4 is 9.64 Å². The molecule has 2 heterocycles. The number of hydrogen-bond acceptors (Lipinski definition) is 5. The monoisotopic (exact) mass is 455 g/mol. The average Bonchev–Trinajstić information content (AvgIpc) is 3.29. The summed E-state index contributed by atoms with van der Waals surface area (Å²) in [5, 5.41) is 0.389. The summed E-state index contributed by atoms with van der Waals surface area (Å²) < 4.78 is 21.0. The van der Waals surface area contributed by atoms with Gasteiger partial charge in [-0.25, -0.2) is 9.37 Å². The quantitative estimate of drug-likeness (QED) is 0.294. The maximum atomic E-state index is 14.3. The Bertz CT molecular complexity index is 1410. The van der Waals surface area contributed by atoms with Gasteiger partial charge in [0.1, 0.15) is 22.8 Å². The van der Waals surface area contributed by atoms with Crippen LogP contribution in [0.4, 0.5) is 9.52 Å². The van der Waals surface area contributed by atoms with E-state index in [1.165, 1.54) is 22.3 Å². The minimum Gasteiger partial charge on any atom is -0.457 e. The molecule has 7 heteroatoms. The number of benzene rings is 3. The summed E-state index contributed by atoms with van der Waals surface area (Å²) >= 11 is 1.26. The van der Waals surface area contributed by atoms with Crippen molar-refractivity contribution in [1.29, 1.82) is 0 Å². The first kappa shape index (κ1) is 20.8. The molecular weight excluding hydrogens is 437 g/mol. The van der Waals surface area contributed by atoms with E-state index in [1.54, 1.807) is 36.5 Å². The number of aromatic nitrogens is 2. The van der Waals surface area contributed by atoms with Gasteiger partial charge in [-0.2, -0.15) is 0 Å². The zero-order chi connectivity index (χ0) is 22.6. The minimum atomic E-state index is -0.423. The molecule has 0 saturated carbocycles. The van der Waals surface area contributed by atoms with E-state index in [4.69, 9.17) is 4.74 Å². The molecule has 162 valence electrons. The minimum absolute atomic E-state index is 0.181. The fourth-order valence-electron chi connectivity index (χ4n) is 3.39. The zero-order valence-electron chi connectivity index (χ0n) is 17.4. The molecular formula is C26H18FN3O2S. The summed E-state index contributed by atoms with van der Waals surface area (Å²) in [5.41, 5.74) is 1.30. The Morgan fingerprint density at radius 3 is 2.48 bits per heavy atom. The molecule has 0 fully saturated rings. The molecule has 2 aromatic heterocycles. The van der Waals surface area contributed by atoms with Crippen LogP contribution in [0.1, 0.15) is 16.1 Å². The van der Waals surface area contributed by atoms with Gasteiger partial charge >= 0.3 is 0 Å². The second-order valence-corrected chi connectivity index (χ2v) is 8.22. The van der Waals surface area contributed by atoms with Crippen molar-refractivity contribution in [2.24, 2.45) is 0 Å². The second kappa shape index (κ2) is 9.18. The first-order valence-electron chi connectivity index (χ1n) is 10.3. The van der Waals surface area contributed by atoms with Crippen LogP contribution in [0, 0.1) is 5.82 Å². The molecule has 3 aromatic carbocycles. The van der Waals surface area contributed by atoms with Crippen molar-refractivity contribution in [1.82, 2.24) is 9.97 Å². The van der Waals surface area contributed by atoms with Gasteiger partial charge in [0, 0.05) is 6.20 Å². The standard InChI is InChI=1S/C26H18FN3O2S/c27-21-13-8-15-23-24(21)29-26(33-23)30(17-18-9-6-7-16-28-18)25(31)20-12-4-5-14-22(20)32-19-10-2-1-3-11-19/h1-16H,17H2. The fourth-order valence-corrected chi connectivity index (χ4v) is 4.37. The van der Waals surface area contributed by atoms with Crippen LogP contribution in [-0.2, 0) is 6.54 Å². The Hall–Kier alpha value is -4.10. The average molecular weight is 456 g/mol. The Morgan fingerprint density at radius 2 is 1.70 bits per heavy atom. The van der Waals surface area contributed by atoms with E-state index >= 15 is 0 Å². The molecule has 5 aromatic rings. The van der Waals surface area contributed by atoms with Crippen LogP contribution in [0.2, 0.25) is 0 Å². The van der Waals surface area contributed by atoms with Crippen LogP contribution in [0.5, 0.6) is 11.5 Å². The van der Waals surface area contributed by atoms with Gasteiger partial charge in [-0.3, -0.25) is 14.7 Å². The van der Waals surface area contributed by atoms with Gasteiger partial charge in [-0.15, -0.1) is 0 Å². The maximum Gasteiger partial charge on any atom is 0.264 e. The fraction of sp³-hybridized carbons (Fsp3) is 0.0385. The highest BCUT2D eigenvalue weighted by Gasteiger charge is 2.25. The van der Waals surface area contributed by atoms with Crippen molar-refractivity contribution >= 4 is 32.6 Å². The number of para-hydroxylation sites is 3. The number of amides is 1. The van der Waals surface area contributed by atoms with Gasteiger partial charge in [0.25, 0.3) is 5.91 Å². The summed E-state index contributed by atoms with van der Waals surface area (Å²) in [5.74, 6) is 0.308. The number of nitrogens with zero attached hydrogens (tertiary/aromatic N) is 3. The van der Waals surface area contributed by atoms with E-state index in [0.29, 0.717) is 32.6 Å². The third kappa shape index (κ3) is 4.44. The van der Waals surface area contributed by atoms with Crippen LogP contribution >= 0.6 is 11.3 Å². The number of carbonyl (C=O) groups is 1. The molecule has 0 aliphatic heterocycles. The summed E-state index contributed by atoms with van der Waals surface area (Å²) in [6, 6.07) is 26.6. The molecule has 0 N–H and O–H groups in total. The Morgan fingerprint density at radius 1 is 0.909 bits per heavy atom. The normalized spacial score (nSPS) is 10.8. The third-order valence-corrected chi connectivity index (χ3v) is 6.01. The maximum absolute atomic E-state index is 14.3. The number of thiazole rings is 1. The first-order chi connectivity index (χ1) is 16.2. The molecule has 1 amide bonds. The lowest BCUT2D eigenvalue weighted by molar-refractivity contribution is 0.0982. The molecule has 0 spiro atoms. The van der Waals surface area contributed by atoms with Crippen LogP contribution in [-0.4, -0.2) is 15.9 Å². The largest absolute Gasteiger partial charge is 0.457 e. The number of ether oxygens (including phenoxy) is 1. The van der Waals surface area contributed by atoms with Crippen molar-refractivity contribution < 1.29 is 13.9 Å². The smallest absolute Gasteiger partial charge is 0.264 e. The molecule has 33 heavy (non-hydrogen) atoms. The van der Waals surface area contributed by atoms with Gasteiger partial charge in [0.2, 0.25) is 0 Å². The molecule has 5 nitrogen and oxygen atoms in total. The predicted molar refractivity (Wildman–Crippen MR) is 127 cm³/mol. The van der Waals surface area contributed by atoms with Gasteiger partial charge in [-0.05, 0) is 48.5 Å². The third-order valence-electron chi connectivity index (χ3n) is 4.97. The molecule has 0 atom stereocenters. The van der Waals surface area contributed by atoms with E-state index in [0.717, 1.165) is 0 Å². The molecule has 0 aliphatic carbocycles. The second-order valence-electron chi connectivity index (χ2n) is 7.21. The van der Waals surface area contributed by atoms with Crippen molar-refractivity contribution in [3.05, 3.63) is 114 Å². The number of hydrogen-bond donors (Lipinski definition) is 0. The Labute approximate surface area is 193 Å². The molecule has 5 rings (SSSR count). The van der Waals surface area contributed by atoms with Crippen molar-refractivity contribution in [2.75, 3.05) is 4.90 Å². The lowest BCUT2D eigenvalue weighted by atomic mass is 10.1. The van der Waals surface area contributed by atoms with Crippen molar-refractivity contribution in [2.45, 2.75) is 6.54 Å². The molecule has 0 saturated heterocycles. The van der Waals surface area contributed by atoms with Gasteiger partial charge in [0.15, 0.2) is 5.13 Å². The summed E-state index contributed by atoms with van der Waals surface area (Å²) in [6.07, 6.45) is 1.67. The first-order valence-corrected chi connectivity index (χ1v) is 11.1. The topological polar surface area (TPSA) is 55.3 Å². The van der Waals surface area contributed by atoms with E-state index in [-0.39, 0.29) is 18.0 Å². The lowest BCUT2D eigenvalue weighted by Crippen LogP contribution is -2.31. The number of rotatable bonds is 6. The van der Waals surface area contributed by atoms with Gasteiger partial charge in [0.05, 0.1) is 22.5 Å². The predicted octanol–water partition coefficient (Wildman–Crippen LogP) is 6.47. The Kier molecular flexibility index (Phi) is 5.78. The lowest BCUT2D eigenvalue weighted by Gasteiger charge is -2.21. The summed E-state index contributed by atoms with van der Waals surface area (Å²) in [6.45, 7) is 0.181. The number of pyridine rings is 1. The number of carbonyl (C=O) groups excluding carboxylic acids is 1. The van der Waals surface area contributed by atoms with Crippen LogP contribution in [0.3, 0.4) is 0 Å². The number of fused-ring (bicyclic) bond motifs is 1. The highest BCUT2D eigenvalue weighted by molar-refractivity contribution is 7.22. The zero-order valence-corrected chi connectivity index (χ0v) is 18.2. The van der Waals surface area contributed by atoms with E-state index in [9.17, 15) is 9.18 Å².